The zero-order chi connectivity index (χ0) is 21.4. The van der Waals surface area contributed by atoms with E-state index in [4.69, 9.17) is 4.74 Å². The Bertz CT molecular complexity index is 850. The van der Waals surface area contributed by atoms with Crippen molar-refractivity contribution in [2.24, 2.45) is 0 Å². The van der Waals surface area contributed by atoms with Gasteiger partial charge in [0.15, 0.2) is 0 Å². The molecule has 2 aromatic carbocycles. The Labute approximate surface area is 169 Å². The Morgan fingerprint density at radius 1 is 0.897 bits per heavy atom. The number of hydrogen-bond acceptors (Lipinski definition) is 4. The van der Waals surface area contributed by atoms with Crippen LogP contribution in [0.5, 0.6) is 0 Å². The first-order valence-corrected chi connectivity index (χ1v) is 9.23. The lowest BCUT2D eigenvalue weighted by atomic mass is 10.0. The van der Waals surface area contributed by atoms with Crippen molar-refractivity contribution in [3.63, 3.8) is 0 Å². The minimum absolute atomic E-state index is 0.157. The molecule has 0 spiro atoms. The summed E-state index contributed by atoms with van der Waals surface area (Å²) in [5, 5.41) is 5.25. The molecule has 0 aliphatic heterocycles. The second-order valence-electron chi connectivity index (χ2n) is 6.86. The maximum Gasteiger partial charge on any atom is 0.328 e. The zero-order valence-corrected chi connectivity index (χ0v) is 16.7. The van der Waals surface area contributed by atoms with Gasteiger partial charge in [-0.05, 0) is 30.2 Å². The van der Waals surface area contributed by atoms with Crippen LogP contribution in [0.4, 0.5) is 4.39 Å². The molecule has 0 aliphatic carbocycles. The summed E-state index contributed by atoms with van der Waals surface area (Å²) in [6, 6.07) is 11.4. The number of hydrogen-bond donors (Lipinski definition) is 2. The van der Waals surface area contributed by atoms with Gasteiger partial charge in [0.1, 0.15) is 17.9 Å². The molecule has 6 nitrogen and oxygen atoms in total. The van der Waals surface area contributed by atoms with Crippen molar-refractivity contribution in [3.05, 3.63) is 71.0 Å². The van der Waals surface area contributed by atoms with Crippen molar-refractivity contribution in [2.45, 2.75) is 38.8 Å². The van der Waals surface area contributed by atoms with E-state index in [1.165, 1.54) is 26.2 Å². The number of rotatable bonds is 8. The van der Waals surface area contributed by atoms with Crippen molar-refractivity contribution < 1.29 is 23.5 Å². The number of amides is 2. The summed E-state index contributed by atoms with van der Waals surface area (Å²) in [5.74, 6) is -1.88. The third kappa shape index (κ3) is 7.03. The summed E-state index contributed by atoms with van der Waals surface area (Å²) in [4.78, 5) is 36.6. The molecule has 29 heavy (non-hydrogen) atoms. The Morgan fingerprint density at radius 2 is 1.41 bits per heavy atom. The summed E-state index contributed by atoms with van der Waals surface area (Å²) < 4.78 is 17.9. The van der Waals surface area contributed by atoms with Gasteiger partial charge in [0.2, 0.25) is 11.8 Å². The number of ether oxygens (including phenoxy) is 1. The molecular weight excluding hydrogens is 375 g/mol. The number of esters is 1. The third-order valence-electron chi connectivity index (χ3n) is 4.41. The fourth-order valence-electron chi connectivity index (χ4n) is 2.88. The van der Waals surface area contributed by atoms with Crippen molar-refractivity contribution in [3.8, 4) is 0 Å². The number of nitrogens with one attached hydrogen (secondary N) is 2. The van der Waals surface area contributed by atoms with Crippen LogP contribution in [-0.2, 0) is 32.0 Å². The van der Waals surface area contributed by atoms with Gasteiger partial charge in [-0.3, -0.25) is 9.59 Å². The molecule has 0 heterocycles. The Morgan fingerprint density at radius 3 is 1.93 bits per heavy atom. The lowest BCUT2D eigenvalue weighted by Crippen LogP contribution is -2.53. The van der Waals surface area contributed by atoms with E-state index in [1.54, 1.807) is 12.1 Å². The second kappa shape index (κ2) is 10.4. The second-order valence-corrected chi connectivity index (χ2v) is 6.86. The molecular formula is C22H25FN2O4. The van der Waals surface area contributed by atoms with Crippen LogP contribution in [0, 0.1) is 12.7 Å². The fourth-order valence-corrected chi connectivity index (χ4v) is 2.88. The number of methoxy groups -OCH3 is 1. The standard InChI is InChI=1S/C22H25FN2O4/c1-14-4-6-16(7-5-14)13-20(22(28)29-3)25-21(27)19(24-15(2)26)12-17-8-10-18(23)11-9-17/h4-11,19-20H,12-13H2,1-3H3,(H,24,26)(H,25,27)/t19-,20-/m1/s1. The molecule has 0 unspecified atom stereocenters. The van der Waals surface area contributed by atoms with Gasteiger partial charge in [-0.1, -0.05) is 42.0 Å². The maximum atomic E-state index is 13.1. The smallest absolute Gasteiger partial charge is 0.328 e. The molecule has 2 rings (SSSR count). The predicted molar refractivity (Wildman–Crippen MR) is 107 cm³/mol. The van der Waals surface area contributed by atoms with Crippen molar-refractivity contribution in [1.29, 1.82) is 0 Å². The molecule has 0 radical (unpaired) electrons. The number of benzene rings is 2. The molecule has 0 saturated heterocycles. The van der Waals surface area contributed by atoms with Crippen LogP contribution in [0.15, 0.2) is 48.5 Å². The summed E-state index contributed by atoms with van der Waals surface area (Å²) in [7, 11) is 1.25. The molecule has 2 aromatic rings. The van der Waals surface area contributed by atoms with Crippen molar-refractivity contribution in [2.75, 3.05) is 7.11 Å². The lowest BCUT2D eigenvalue weighted by Gasteiger charge is -2.22. The highest BCUT2D eigenvalue weighted by molar-refractivity contribution is 5.90. The van der Waals surface area contributed by atoms with E-state index >= 15 is 0 Å². The third-order valence-corrected chi connectivity index (χ3v) is 4.41. The predicted octanol–water partition coefficient (Wildman–Crippen LogP) is 2.08. The minimum atomic E-state index is -0.914. The van der Waals surface area contributed by atoms with Crippen LogP contribution in [0.2, 0.25) is 0 Å². The van der Waals surface area contributed by atoms with E-state index in [1.807, 2.05) is 31.2 Å². The molecule has 0 saturated carbocycles. The zero-order valence-electron chi connectivity index (χ0n) is 16.7. The number of aryl methyl sites for hydroxylation is 1. The molecule has 0 aromatic heterocycles. The SMILES string of the molecule is COC(=O)[C@@H](Cc1ccc(C)cc1)NC(=O)[C@@H](Cc1ccc(F)cc1)NC(C)=O. The number of carbonyl (C=O) groups excluding carboxylic acids is 3. The largest absolute Gasteiger partial charge is 0.467 e. The van der Waals surface area contributed by atoms with Crippen LogP contribution in [0.3, 0.4) is 0 Å². The summed E-state index contributed by atoms with van der Waals surface area (Å²) >= 11 is 0. The molecule has 154 valence electrons. The Hall–Kier alpha value is -3.22. The maximum absolute atomic E-state index is 13.1. The van der Waals surface area contributed by atoms with E-state index < -0.39 is 29.8 Å². The average Bonchev–Trinajstić information content (AvgIpc) is 2.69. The van der Waals surface area contributed by atoms with Crippen molar-refractivity contribution in [1.82, 2.24) is 10.6 Å². The topological polar surface area (TPSA) is 84.5 Å². The van der Waals surface area contributed by atoms with Crippen LogP contribution >= 0.6 is 0 Å². The molecule has 0 bridgehead atoms. The van der Waals surface area contributed by atoms with Crippen LogP contribution in [0.25, 0.3) is 0 Å². The van der Waals surface area contributed by atoms with E-state index in [0.29, 0.717) is 5.56 Å². The van der Waals surface area contributed by atoms with Gasteiger partial charge < -0.3 is 15.4 Å². The summed E-state index contributed by atoms with van der Waals surface area (Å²) in [6.07, 6.45) is 0.409. The van der Waals surface area contributed by atoms with E-state index in [2.05, 4.69) is 10.6 Å². The Balaban J connectivity index is 2.15. The van der Waals surface area contributed by atoms with Gasteiger partial charge in [-0.25, -0.2) is 9.18 Å². The van der Waals surface area contributed by atoms with Gasteiger partial charge in [0.25, 0.3) is 0 Å². The van der Waals surface area contributed by atoms with Crippen LogP contribution in [-0.4, -0.2) is 37.0 Å². The number of halogens is 1. The molecule has 0 fully saturated rings. The first-order chi connectivity index (χ1) is 13.8. The first-order valence-electron chi connectivity index (χ1n) is 9.23. The quantitative estimate of drug-likeness (QED) is 0.665. The van der Waals surface area contributed by atoms with E-state index in [9.17, 15) is 18.8 Å². The minimum Gasteiger partial charge on any atom is -0.467 e. The summed E-state index contributed by atoms with van der Waals surface area (Å²) in [5.41, 5.74) is 2.62. The van der Waals surface area contributed by atoms with Gasteiger partial charge >= 0.3 is 5.97 Å². The average molecular weight is 400 g/mol. The highest BCUT2D eigenvalue weighted by atomic mass is 19.1. The highest BCUT2D eigenvalue weighted by Gasteiger charge is 2.27. The molecule has 2 N–H and O–H groups in total. The van der Waals surface area contributed by atoms with Gasteiger partial charge in [-0.15, -0.1) is 0 Å². The monoisotopic (exact) mass is 400 g/mol. The molecule has 2 atom stereocenters. The summed E-state index contributed by atoms with van der Waals surface area (Å²) in [6.45, 7) is 3.26. The number of carbonyl (C=O) groups is 3. The fraction of sp³-hybridized carbons (Fsp3) is 0.318. The molecule has 2 amide bonds. The van der Waals surface area contributed by atoms with E-state index in [0.717, 1.165) is 11.1 Å². The van der Waals surface area contributed by atoms with Crippen LogP contribution in [0.1, 0.15) is 23.6 Å². The van der Waals surface area contributed by atoms with Gasteiger partial charge in [0.05, 0.1) is 7.11 Å². The Kier molecular flexibility index (Phi) is 7.88. The van der Waals surface area contributed by atoms with E-state index in [-0.39, 0.29) is 18.7 Å². The highest BCUT2D eigenvalue weighted by Crippen LogP contribution is 2.10. The lowest BCUT2D eigenvalue weighted by molar-refractivity contribution is -0.145. The van der Waals surface area contributed by atoms with Crippen LogP contribution < -0.4 is 10.6 Å². The van der Waals surface area contributed by atoms with Gasteiger partial charge in [0, 0.05) is 19.8 Å². The first kappa shape index (κ1) is 22.1. The normalized spacial score (nSPS) is 12.6. The molecule has 7 heteroatoms. The molecule has 0 aliphatic rings. The van der Waals surface area contributed by atoms with Gasteiger partial charge in [-0.2, -0.15) is 0 Å². The van der Waals surface area contributed by atoms with Crippen molar-refractivity contribution >= 4 is 17.8 Å².